The minimum absolute atomic E-state index is 0.182. The van der Waals surface area contributed by atoms with Gasteiger partial charge in [-0.3, -0.25) is 4.79 Å². The van der Waals surface area contributed by atoms with E-state index in [0.29, 0.717) is 13.0 Å². The second-order valence-electron chi connectivity index (χ2n) is 5.86. The van der Waals surface area contributed by atoms with Gasteiger partial charge >= 0.3 is 0 Å². The van der Waals surface area contributed by atoms with Crippen molar-refractivity contribution in [3.05, 3.63) is 51.2 Å². The first-order valence-corrected chi connectivity index (χ1v) is 8.54. The second kappa shape index (κ2) is 6.53. The van der Waals surface area contributed by atoms with Gasteiger partial charge in [0.2, 0.25) is 5.91 Å². The molecule has 0 saturated heterocycles. The van der Waals surface area contributed by atoms with Crippen LogP contribution >= 0.6 is 11.3 Å². The van der Waals surface area contributed by atoms with Gasteiger partial charge in [0.15, 0.2) is 0 Å². The number of hydrogen-bond acceptors (Lipinski definition) is 3. The quantitative estimate of drug-likeness (QED) is 0.860. The van der Waals surface area contributed by atoms with Crippen LogP contribution in [0.25, 0.3) is 0 Å². The van der Waals surface area contributed by atoms with Crippen LogP contribution in [0.15, 0.2) is 29.6 Å². The van der Waals surface area contributed by atoms with E-state index in [0.717, 1.165) is 25.3 Å². The molecule has 0 radical (unpaired) electrons. The number of nitrogens with zero attached hydrogens (tertiary/aromatic N) is 1. The van der Waals surface area contributed by atoms with Gasteiger partial charge in [-0.2, -0.15) is 0 Å². The highest BCUT2D eigenvalue weighted by Crippen LogP contribution is 2.24. The van der Waals surface area contributed by atoms with Crippen LogP contribution in [0.2, 0.25) is 0 Å². The molecule has 1 aliphatic rings. The Hall–Kier alpha value is -1.81. The summed E-state index contributed by atoms with van der Waals surface area (Å²) in [5.41, 5.74) is 3.67. The summed E-state index contributed by atoms with van der Waals surface area (Å²) in [6.45, 7) is 6.13. The van der Waals surface area contributed by atoms with E-state index >= 15 is 0 Å². The number of carbonyl (C=O) groups is 1. The Morgan fingerprint density at radius 3 is 2.82 bits per heavy atom. The number of rotatable bonds is 4. The van der Waals surface area contributed by atoms with Crippen LogP contribution in [0.5, 0.6) is 5.75 Å². The van der Waals surface area contributed by atoms with Crippen LogP contribution in [0.4, 0.5) is 0 Å². The normalized spacial score (nSPS) is 13.8. The van der Waals surface area contributed by atoms with Crippen molar-refractivity contribution in [3.63, 3.8) is 0 Å². The third-order valence-electron chi connectivity index (χ3n) is 3.94. The SMILES string of the molecule is Cc1cc(C)cc(OCCC(=O)N2CCc3sccc3C2)c1. The zero-order chi connectivity index (χ0) is 15.5. The lowest BCUT2D eigenvalue weighted by molar-refractivity contribution is -0.132. The standard InChI is InChI=1S/C18H21NO2S/c1-13-9-14(2)11-16(10-13)21-7-4-18(20)19-6-3-17-15(12-19)5-8-22-17/h5,8-11H,3-4,6-7,12H2,1-2H3. The number of aryl methyl sites for hydroxylation is 2. The number of thiophene rings is 1. The Morgan fingerprint density at radius 1 is 1.27 bits per heavy atom. The molecule has 2 heterocycles. The van der Waals surface area contributed by atoms with Crippen LogP contribution < -0.4 is 4.74 Å². The van der Waals surface area contributed by atoms with Gasteiger partial charge in [0.05, 0.1) is 13.0 Å². The van der Waals surface area contributed by atoms with Crippen LogP contribution in [-0.4, -0.2) is 24.0 Å². The molecule has 3 rings (SSSR count). The first-order chi connectivity index (χ1) is 10.6. The molecule has 0 bridgehead atoms. The van der Waals surface area contributed by atoms with Gasteiger partial charge in [0.1, 0.15) is 5.75 Å². The van der Waals surface area contributed by atoms with E-state index in [1.54, 1.807) is 11.3 Å². The average Bonchev–Trinajstić information content (AvgIpc) is 2.93. The number of fused-ring (bicyclic) bond motifs is 1. The zero-order valence-electron chi connectivity index (χ0n) is 13.1. The van der Waals surface area contributed by atoms with Gasteiger partial charge in [-0.25, -0.2) is 0 Å². The molecule has 0 aliphatic carbocycles. The van der Waals surface area contributed by atoms with Crippen molar-refractivity contribution in [3.8, 4) is 5.75 Å². The van der Waals surface area contributed by atoms with Crippen molar-refractivity contribution >= 4 is 17.2 Å². The summed E-state index contributed by atoms with van der Waals surface area (Å²) >= 11 is 1.79. The topological polar surface area (TPSA) is 29.5 Å². The molecule has 22 heavy (non-hydrogen) atoms. The van der Waals surface area contributed by atoms with E-state index in [2.05, 4.69) is 31.4 Å². The smallest absolute Gasteiger partial charge is 0.226 e. The molecule has 1 aromatic heterocycles. The lowest BCUT2D eigenvalue weighted by atomic mass is 10.1. The van der Waals surface area contributed by atoms with Crippen LogP contribution in [0.3, 0.4) is 0 Å². The number of ether oxygens (including phenoxy) is 1. The first-order valence-electron chi connectivity index (χ1n) is 7.66. The highest BCUT2D eigenvalue weighted by molar-refractivity contribution is 7.10. The van der Waals surface area contributed by atoms with Gasteiger partial charge in [-0.05, 0) is 60.5 Å². The largest absolute Gasteiger partial charge is 0.493 e. The van der Waals surface area contributed by atoms with Gasteiger partial charge in [0.25, 0.3) is 0 Å². The van der Waals surface area contributed by atoms with Crippen molar-refractivity contribution < 1.29 is 9.53 Å². The Labute approximate surface area is 135 Å². The minimum atomic E-state index is 0.182. The summed E-state index contributed by atoms with van der Waals surface area (Å²) in [4.78, 5) is 15.7. The molecule has 0 fully saturated rings. The molecule has 0 N–H and O–H groups in total. The number of amides is 1. The monoisotopic (exact) mass is 315 g/mol. The summed E-state index contributed by atoms with van der Waals surface area (Å²) in [5, 5.41) is 2.11. The van der Waals surface area contributed by atoms with Crippen LogP contribution in [0, 0.1) is 13.8 Å². The number of benzene rings is 1. The second-order valence-corrected chi connectivity index (χ2v) is 6.86. The molecule has 1 amide bonds. The highest BCUT2D eigenvalue weighted by atomic mass is 32.1. The Kier molecular flexibility index (Phi) is 4.48. The van der Waals surface area contributed by atoms with Gasteiger partial charge in [-0.1, -0.05) is 6.07 Å². The summed E-state index contributed by atoms with van der Waals surface area (Å²) in [6.07, 6.45) is 1.42. The van der Waals surface area contributed by atoms with Crippen molar-refractivity contribution in [2.45, 2.75) is 33.2 Å². The third-order valence-corrected chi connectivity index (χ3v) is 4.96. The molecule has 1 aromatic carbocycles. The Balaban J connectivity index is 1.51. The van der Waals surface area contributed by atoms with E-state index in [-0.39, 0.29) is 5.91 Å². The molecule has 0 spiro atoms. The van der Waals surface area contributed by atoms with Gasteiger partial charge in [0, 0.05) is 18.0 Å². The number of carbonyl (C=O) groups excluding carboxylic acids is 1. The number of hydrogen-bond donors (Lipinski definition) is 0. The van der Waals surface area contributed by atoms with Crippen LogP contribution in [-0.2, 0) is 17.8 Å². The highest BCUT2D eigenvalue weighted by Gasteiger charge is 2.21. The molecule has 0 saturated carbocycles. The fraction of sp³-hybridized carbons (Fsp3) is 0.389. The maximum atomic E-state index is 12.3. The lowest BCUT2D eigenvalue weighted by Gasteiger charge is -2.27. The molecular weight excluding hydrogens is 294 g/mol. The summed E-state index contributed by atoms with van der Waals surface area (Å²) in [6, 6.07) is 8.27. The lowest BCUT2D eigenvalue weighted by Crippen LogP contribution is -2.36. The maximum absolute atomic E-state index is 12.3. The van der Waals surface area contributed by atoms with E-state index < -0.39 is 0 Å². The van der Waals surface area contributed by atoms with Gasteiger partial charge < -0.3 is 9.64 Å². The average molecular weight is 315 g/mol. The van der Waals surface area contributed by atoms with Crippen molar-refractivity contribution in [1.82, 2.24) is 4.90 Å². The molecule has 4 heteroatoms. The maximum Gasteiger partial charge on any atom is 0.226 e. The Morgan fingerprint density at radius 2 is 2.05 bits per heavy atom. The molecule has 3 nitrogen and oxygen atoms in total. The molecule has 0 unspecified atom stereocenters. The van der Waals surface area contributed by atoms with Crippen molar-refractivity contribution in [1.29, 1.82) is 0 Å². The third kappa shape index (κ3) is 3.50. The molecule has 2 aromatic rings. The van der Waals surface area contributed by atoms with E-state index in [1.807, 2.05) is 17.0 Å². The molecule has 0 atom stereocenters. The molecular formula is C18H21NO2S. The predicted molar refractivity (Wildman–Crippen MR) is 89.5 cm³/mol. The Bertz CT molecular complexity index is 657. The van der Waals surface area contributed by atoms with Crippen LogP contribution in [0.1, 0.15) is 28.0 Å². The zero-order valence-corrected chi connectivity index (χ0v) is 13.9. The van der Waals surface area contributed by atoms with Crippen molar-refractivity contribution in [2.75, 3.05) is 13.2 Å². The molecule has 1 aliphatic heterocycles. The fourth-order valence-corrected chi connectivity index (χ4v) is 3.78. The summed E-state index contributed by atoms with van der Waals surface area (Å²) in [5.74, 6) is 1.03. The fourth-order valence-electron chi connectivity index (χ4n) is 2.89. The predicted octanol–water partition coefficient (Wildman–Crippen LogP) is 3.72. The molecule has 116 valence electrons. The van der Waals surface area contributed by atoms with Crippen molar-refractivity contribution in [2.24, 2.45) is 0 Å². The summed E-state index contributed by atoms with van der Waals surface area (Å²) < 4.78 is 5.74. The first kappa shape index (κ1) is 15.1. The summed E-state index contributed by atoms with van der Waals surface area (Å²) in [7, 11) is 0. The van der Waals surface area contributed by atoms with Gasteiger partial charge in [-0.15, -0.1) is 11.3 Å². The minimum Gasteiger partial charge on any atom is -0.493 e. The van der Waals surface area contributed by atoms with E-state index in [9.17, 15) is 4.79 Å². The van der Waals surface area contributed by atoms with E-state index in [4.69, 9.17) is 4.74 Å². The van der Waals surface area contributed by atoms with E-state index in [1.165, 1.54) is 21.6 Å².